The zero-order valence-electron chi connectivity index (χ0n) is 21.4. The number of pyridine rings is 1. The number of hydrogen-bond acceptors (Lipinski definition) is 8. The summed E-state index contributed by atoms with van der Waals surface area (Å²) in [5.41, 5.74) is 5.51. The Hall–Kier alpha value is -3.99. The third-order valence-electron chi connectivity index (χ3n) is 7.99. The number of sulfonamides is 1. The lowest BCUT2D eigenvalue weighted by Gasteiger charge is -2.32. The van der Waals surface area contributed by atoms with Crippen LogP contribution in [0, 0.1) is 12.8 Å². The number of hydrogen-bond donors (Lipinski definition) is 1. The predicted octanol–water partition coefficient (Wildman–Crippen LogP) is 4.03. The lowest BCUT2D eigenvalue weighted by Crippen LogP contribution is -2.33. The first kappa shape index (κ1) is 22.9. The van der Waals surface area contributed by atoms with E-state index >= 15 is 0 Å². The summed E-state index contributed by atoms with van der Waals surface area (Å²) in [4.78, 5) is 16.1. The summed E-state index contributed by atoms with van der Waals surface area (Å²) in [6.07, 6.45) is 9.30. The van der Waals surface area contributed by atoms with Crippen LogP contribution < -0.4 is 15.0 Å². The molecule has 2 saturated carbocycles. The molecule has 4 aliphatic rings. The molecular weight excluding hydrogens is 514 g/mol. The standard InChI is InChI=1S/C28H27N7O3S/c1-16-6-7-29-27(30-16)20-10-21(20)28-32-22-11-23-24(12-25(22)39(36,37)33-28)38-9-8-34(23)14-19-15-35-13-18(17-2-3-17)4-5-26(35)31-19/h4-7,11-13,15,17,20-21H,2-3,8-10,14H2,1H3,(H,32,33)/t20-,21-/m0/s1. The Balaban J connectivity index is 1.08. The molecule has 198 valence electrons. The Morgan fingerprint density at radius 3 is 2.85 bits per heavy atom. The van der Waals surface area contributed by atoms with Crippen molar-refractivity contribution in [2.24, 2.45) is 10.3 Å². The minimum atomic E-state index is -3.87. The Bertz CT molecular complexity index is 1790. The van der Waals surface area contributed by atoms with Gasteiger partial charge in [0.25, 0.3) is 10.0 Å². The fourth-order valence-corrected chi connectivity index (χ4v) is 6.88. The van der Waals surface area contributed by atoms with Gasteiger partial charge in [0.1, 0.15) is 34.6 Å². The van der Waals surface area contributed by atoms with Crippen LogP contribution in [0.25, 0.3) is 5.65 Å². The summed E-state index contributed by atoms with van der Waals surface area (Å²) < 4.78 is 38.6. The van der Waals surface area contributed by atoms with E-state index < -0.39 is 10.0 Å². The summed E-state index contributed by atoms with van der Waals surface area (Å²) in [7, 11) is -3.87. The predicted molar refractivity (Wildman–Crippen MR) is 146 cm³/mol. The Kier molecular flexibility index (Phi) is 4.86. The van der Waals surface area contributed by atoms with Crippen molar-refractivity contribution >= 4 is 32.9 Å². The van der Waals surface area contributed by atoms with Crippen molar-refractivity contribution in [1.82, 2.24) is 19.4 Å². The molecule has 0 unspecified atom stereocenters. The van der Waals surface area contributed by atoms with Crippen molar-refractivity contribution in [3.63, 3.8) is 0 Å². The van der Waals surface area contributed by atoms with Crippen LogP contribution in [0.3, 0.4) is 0 Å². The molecule has 2 aliphatic heterocycles. The molecule has 0 radical (unpaired) electrons. The molecule has 0 saturated heterocycles. The number of aryl methyl sites for hydroxylation is 1. The zero-order chi connectivity index (χ0) is 26.3. The Labute approximate surface area is 225 Å². The first-order chi connectivity index (χ1) is 18.9. The molecule has 0 spiro atoms. The number of aromatic nitrogens is 4. The minimum Gasteiger partial charge on any atom is -0.490 e. The first-order valence-corrected chi connectivity index (χ1v) is 14.8. The van der Waals surface area contributed by atoms with Gasteiger partial charge in [0.2, 0.25) is 0 Å². The van der Waals surface area contributed by atoms with Crippen LogP contribution in [0.4, 0.5) is 11.4 Å². The largest absolute Gasteiger partial charge is 0.490 e. The van der Waals surface area contributed by atoms with Gasteiger partial charge in [0.05, 0.1) is 30.2 Å². The minimum absolute atomic E-state index is 0.0563. The Morgan fingerprint density at radius 1 is 1.10 bits per heavy atom. The fraction of sp³-hybridized carbons (Fsp3) is 0.357. The number of benzene rings is 1. The van der Waals surface area contributed by atoms with E-state index in [1.54, 1.807) is 12.3 Å². The summed E-state index contributed by atoms with van der Waals surface area (Å²) >= 11 is 0. The van der Waals surface area contributed by atoms with E-state index in [0.717, 1.165) is 35.0 Å². The third kappa shape index (κ3) is 4.03. The quantitative estimate of drug-likeness (QED) is 0.403. The summed E-state index contributed by atoms with van der Waals surface area (Å²) in [5.74, 6) is 2.41. The van der Waals surface area contributed by atoms with Crippen molar-refractivity contribution in [2.45, 2.75) is 49.5 Å². The molecule has 39 heavy (non-hydrogen) atoms. The first-order valence-electron chi connectivity index (χ1n) is 13.4. The molecule has 2 fully saturated rings. The monoisotopic (exact) mass is 541 g/mol. The van der Waals surface area contributed by atoms with Crippen LogP contribution in [0.2, 0.25) is 0 Å². The van der Waals surface area contributed by atoms with Crippen LogP contribution in [0.5, 0.6) is 5.75 Å². The molecule has 2 atom stereocenters. The van der Waals surface area contributed by atoms with E-state index in [4.69, 9.17) is 9.72 Å². The second-order valence-electron chi connectivity index (χ2n) is 10.9. The Morgan fingerprint density at radius 2 is 2.00 bits per heavy atom. The van der Waals surface area contributed by atoms with Gasteiger partial charge in [0.15, 0.2) is 0 Å². The molecule has 3 aromatic heterocycles. The van der Waals surface area contributed by atoms with Gasteiger partial charge in [-0.3, -0.25) is 0 Å². The van der Waals surface area contributed by atoms with Crippen molar-refractivity contribution < 1.29 is 13.2 Å². The molecule has 1 N–H and O–H groups in total. The third-order valence-corrected chi connectivity index (χ3v) is 9.32. The van der Waals surface area contributed by atoms with Crippen LogP contribution in [0.1, 0.15) is 53.9 Å². The molecule has 0 bridgehead atoms. The molecule has 8 rings (SSSR count). The second kappa shape index (κ2) is 8.25. The van der Waals surface area contributed by atoms with Gasteiger partial charge in [-0.25, -0.2) is 15.0 Å². The van der Waals surface area contributed by atoms with Gasteiger partial charge >= 0.3 is 0 Å². The summed E-state index contributed by atoms with van der Waals surface area (Å²) in [6, 6.07) is 9.59. The van der Waals surface area contributed by atoms with Gasteiger partial charge in [-0.2, -0.15) is 8.42 Å². The van der Waals surface area contributed by atoms with E-state index in [0.29, 0.717) is 42.9 Å². The highest BCUT2D eigenvalue weighted by Gasteiger charge is 2.47. The van der Waals surface area contributed by atoms with Gasteiger partial charge in [-0.1, -0.05) is 6.07 Å². The number of nitrogens with zero attached hydrogens (tertiary/aromatic N) is 6. The topological polar surface area (TPSA) is 114 Å². The SMILES string of the molecule is Cc1ccnc([C@H]2C[C@@H]2C2=NS(=O)(=O)c3cc4c(cc3N2)N(Cc2cn3cc(C5CC5)ccc3n2)CCO4)n1. The maximum Gasteiger partial charge on any atom is 0.286 e. The molecule has 0 amide bonds. The van der Waals surface area contributed by atoms with Gasteiger partial charge in [-0.05, 0) is 55.9 Å². The number of amidine groups is 1. The zero-order valence-corrected chi connectivity index (χ0v) is 22.2. The van der Waals surface area contributed by atoms with E-state index in [-0.39, 0.29) is 16.7 Å². The maximum absolute atomic E-state index is 13.2. The number of ether oxygens (including phenoxy) is 1. The van der Waals surface area contributed by atoms with Gasteiger partial charge in [-0.15, -0.1) is 4.40 Å². The highest BCUT2D eigenvalue weighted by atomic mass is 32.2. The number of fused-ring (bicyclic) bond motifs is 3. The number of rotatable bonds is 5. The lowest BCUT2D eigenvalue weighted by atomic mass is 10.2. The normalized spacial score (nSPS) is 22.9. The van der Waals surface area contributed by atoms with Crippen molar-refractivity contribution in [2.75, 3.05) is 23.4 Å². The summed E-state index contributed by atoms with van der Waals surface area (Å²) in [5, 5.41) is 3.32. The number of nitrogens with one attached hydrogen (secondary N) is 1. The average Bonchev–Trinajstić information content (AvgIpc) is 3.84. The lowest BCUT2D eigenvalue weighted by molar-refractivity contribution is 0.306. The van der Waals surface area contributed by atoms with E-state index in [9.17, 15) is 8.42 Å². The summed E-state index contributed by atoms with van der Waals surface area (Å²) in [6.45, 7) is 3.66. The van der Waals surface area contributed by atoms with E-state index in [1.807, 2.05) is 19.1 Å². The van der Waals surface area contributed by atoms with Crippen LogP contribution >= 0.6 is 0 Å². The van der Waals surface area contributed by atoms with Crippen molar-refractivity contribution in [3.05, 3.63) is 71.7 Å². The molecule has 5 heterocycles. The average molecular weight is 542 g/mol. The van der Waals surface area contributed by atoms with Gasteiger partial charge < -0.3 is 19.4 Å². The molecule has 1 aromatic carbocycles. The smallest absolute Gasteiger partial charge is 0.286 e. The van der Waals surface area contributed by atoms with Crippen molar-refractivity contribution in [3.8, 4) is 5.75 Å². The van der Waals surface area contributed by atoms with E-state index in [1.165, 1.54) is 18.4 Å². The second-order valence-corrected chi connectivity index (χ2v) is 12.5. The molecule has 2 aliphatic carbocycles. The van der Waals surface area contributed by atoms with Crippen LogP contribution in [-0.4, -0.2) is 46.8 Å². The van der Waals surface area contributed by atoms with Crippen LogP contribution in [0.15, 0.2) is 58.2 Å². The van der Waals surface area contributed by atoms with Gasteiger partial charge in [0, 0.05) is 42.2 Å². The van der Waals surface area contributed by atoms with Crippen LogP contribution in [-0.2, 0) is 16.6 Å². The molecular formula is C28H27N7O3S. The number of anilines is 2. The molecule has 11 heteroatoms. The highest BCUT2D eigenvalue weighted by Crippen LogP contribution is 2.49. The molecule has 10 nitrogen and oxygen atoms in total. The van der Waals surface area contributed by atoms with Crippen molar-refractivity contribution in [1.29, 1.82) is 0 Å². The number of imidazole rings is 1. The highest BCUT2D eigenvalue weighted by molar-refractivity contribution is 7.90. The maximum atomic E-state index is 13.2. The fourth-order valence-electron chi connectivity index (χ4n) is 5.69. The molecule has 4 aromatic rings. The van der Waals surface area contributed by atoms with E-state index in [2.05, 4.69) is 53.5 Å².